The van der Waals surface area contributed by atoms with Gasteiger partial charge in [0, 0.05) is 0 Å². The minimum atomic E-state index is -1.52. The van der Waals surface area contributed by atoms with Gasteiger partial charge < -0.3 is 9.84 Å². The SMILES string of the molecule is CCO/C=C(/C(=O)O)C(=O)c1cc(F)c(Cl)nc1Cl. The van der Waals surface area contributed by atoms with Crippen LogP contribution in [0.4, 0.5) is 4.39 Å². The monoisotopic (exact) mass is 307 g/mol. The molecule has 0 aliphatic rings. The largest absolute Gasteiger partial charge is 0.500 e. The molecule has 0 aromatic carbocycles. The number of hydrogen-bond donors (Lipinski definition) is 1. The summed E-state index contributed by atoms with van der Waals surface area (Å²) in [4.78, 5) is 26.2. The van der Waals surface area contributed by atoms with Crippen molar-refractivity contribution in [3.05, 3.63) is 39.6 Å². The second-order valence-electron chi connectivity index (χ2n) is 3.22. The minimum absolute atomic E-state index is 0.172. The number of Topliss-reactive ketones (excluding diaryl/α,β-unsaturated/α-hetero) is 1. The highest BCUT2D eigenvalue weighted by Gasteiger charge is 2.24. The lowest BCUT2D eigenvalue weighted by atomic mass is 10.1. The Morgan fingerprint density at radius 3 is 2.63 bits per heavy atom. The first kappa shape index (κ1) is 15.4. The molecule has 0 spiro atoms. The predicted octanol–water partition coefficient (Wildman–Crippen LogP) is 2.72. The zero-order valence-corrected chi connectivity index (χ0v) is 11.1. The molecule has 0 aliphatic carbocycles. The number of ketones is 1. The summed E-state index contributed by atoms with van der Waals surface area (Å²) in [5, 5.41) is 8.00. The van der Waals surface area contributed by atoms with Crippen molar-refractivity contribution in [3.8, 4) is 0 Å². The van der Waals surface area contributed by atoms with Crippen molar-refractivity contribution in [2.24, 2.45) is 0 Å². The number of nitrogens with zero attached hydrogens (tertiary/aromatic N) is 1. The molecule has 0 atom stereocenters. The average Bonchev–Trinajstić information content (AvgIpc) is 2.33. The van der Waals surface area contributed by atoms with Gasteiger partial charge in [-0.05, 0) is 13.0 Å². The Labute approximate surface area is 117 Å². The second-order valence-corrected chi connectivity index (χ2v) is 3.94. The fourth-order valence-corrected chi connectivity index (χ4v) is 1.52. The van der Waals surface area contributed by atoms with E-state index in [1.54, 1.807) is 6.92 Å². The van der Waals surface area contributed by atoms with Crippen LogP contribution in [0, 0.1) is 5.82 Å². The maximum absolute atomic E-state index is 13.2. The van der Waals surface area contributed by atoms with Crippen LogP contribution >= 0.6 is 23.2 Å². The number of carboxylic acid groups (broad SMARTS) is 1. The van der Waals surface area contributed by atoms with Crippen LogP contribution in [0.15, 0.2) is 17.9 Å². The lowest BCUT2D eigenvalue weighted by Crippen LogP contribution is -2.14. The summed E-state index contributed by atoms with van der Waals surface area (Å²) >= 11 is 11.0. The fraction of sp³-hybridized carbons (Fsp3) is 0.182. The maximum atomic E-state index is 13.2. The normalized spacial score (nSPS) is 11.3. The van der Waals surface area contributed by atoms with Crippen LogP contribution in [0.5, 0.6) is 0 Å². The van der Waals surface area contributed by atoms with Gasteiger partial charge in [0.05, 0.1) is 12.2 Å². The zero-order valence-electron chi connectivity index (χ0n) is 9.61. The van der Waals surface area contributed by atoms with Crippen LogP contribution < -0.4 is 0 Å². The van der Waals surface area contributed by atoms with Crippen LogP contribution in [0.1, 0.15) is 17.3 Å². The quantitative estimate of drug-likeness (QED) is 0.226. The molecule has 0 aliphatic heterocycles. The van der Waals surface area contributed by atoms with Gasteiger partial charge in [0.1, 0.15) is 17.0 Å². The number of carbonyl (C=O) groups excluding carboxylic acids is 1. The first-order valence-corrected chi connectivity index (χ1v) is 5.75. The van der Waals surface area contributed by atoms with Crippen molar-refractivity contribution in [1.29, 1.82) is 0 Å². The van der Waals surface area contributed by atoms with Crippen LogP contribution in [-0.4, -0.2) is 28.4 Å². The minimum Gasteiger partial charge on any atom is -0.500 e. The summed E-state index contributed by atoms with van der Waals surface area (Å²) in [7, 11) is 0. The number of pyridine rings is 1. The van der Waals surface area contributed by atoms with E-state index in [-0.39, 0.29) is 11.8 Å². The Bertz CT molecular complexity index is 560. The van der Waals surface area contributed by atoms with E-state index in [1.807, 2.05) is 0 Å². The van der Waals surface area contributed by atoms with Crippen molar-refractivity contribution in [2.45, 2.75) is 6.92 Å². The van der Waals surface area contributed by atoms with Crippen LogP contribution in [-0.2, 0) is 9.53 Å². The molecule has 0 amide bonds. The van der Waals surface area contributed by atoms with E-state index in [0.717, 1.165) is 12.3 Å². The first-order valence-electron chi connectivity index (χ1n) is 4.99. The molecule has 1 aromatic heterocycles. The Hall–Kier alpha value is -1.66. The molecule has 1 N–H and O–H groups in total. The summed E-state index contributed by atoms with van der Waals surface area (Å²) in [6.07, 6.45) is 0.771. The lowest BCUT2D eigenvalue weighted by molar-refractivity contribution is -0.132. The molecule has 1 heterocycles. The molecular formula is C11H8Cl2FNO4. The van der Waals surface area contributed by atoms with E-state index < -0.39 is 33.9 Å². The van der Waals surface area contributed by atoms with Crippen molar-refractivity contribution in [1.82, 2.24) is 4.98 Å². The lowest BCUT2D eigenvalue weighted by Gasteiger charge is -2.05. The highest BCUT2D eigenvalue weighted by molar-refractivity contribution is 6.37. The number of ether oxygens (including phenoxy) is 1. The van der Waals surface area contributed by atoms with Gasteiger partial charge in [-0.1, -0.05) is 23.2 Å². The van der Waals surface area contributed by atoms with Gasteiger partial charge in [0.25, 0.3) is 0 Å². The van der Waals surface area contributed by atoms with E-state index in [1.165, 1.54) is 0 Å². The maximum Gasteiger partial charge on any atom is 0.342 e. The van der Waals surface area contributed by atoms with E-state index in [4.69, 9.17) is 33.0 Å². The summed E-state index contributed by atoms with van der Waals surface area (Å²) in [5.74, 6) is -3.52. The van der Waals surface area contributed by atoms with Gasteiger partial charge >= 0.3 is 5.97 Å². The molecule has 0 saturated heterocycles. The van der Waals surface area contributed by atoms with Gasteiger partial charge in [-0.25, -0.2) is 14.2 Å². The predicted molar refractivity (Wildman–Crippen MR) is 65.9 cm³/mol. The molecule has 1 aromatic rings. The van der Waals surface area contributed by atoms with Gasteiger partial charge in [0.2, 0.25) is 5.78 Å². The smallest absolute Gasteiger partial charge is 0.342 e. The van der Waals surface area contributed by atoms with Crippen molar-refractivity contribution >= 4 is 35.0 Å². The molecule has 0 bridgehead atoms. The van der Waals surface area contributed by atoms with Gasteiger partial charge in [-0.3, -0.25) is 4.79 Å². The molecule has 0 unspecified atom stereocenters. The molecular weight excluding hydrogens is 300 g/mol. The number of aliphatic carboxylic acids is 1. The first-order chi connectivity index (χ1) is 8.88. The summed E-state index contributed by atoms with van der Waals surface area (Å²) < 4.78 is 18.0. The third-order valence-electron chi connectivity index (χ3n) is 1.97. The highest BCUT2D eigenvalue weighted by atomic mass is 35.5. The molecule has 0 radical (unpaired) electrons. The Kier molecular flexibility index (Phi) is 5.26. The van der Waals surface area contributed by atoms with Crippen LogP contribution in [0.25, 0.3) is 0 Å². The summed E-state index contributed by atoms with van der Waals surface area (Å²) in [6.45, 7) is 1.78. The Morgan fingerprint density at radius 1 is 1.47 bits per heavy atom. The molecule has 102 valence electrons. The molecule has 8 heteroatoms. The van der Waals surface area contributed by atoms with Gasteiger partial charge in [-0.2, -0.15) is 0 Å². The van der Waals surface area contributed by atoms with E-state index in [2.05, 4.69) is 4.98 Å². The second kappa shape index (κ2) is 6.49. The molecule has 19 heavy (non-hydrogen) atoms. The fourth-order valence-electron chi connectivity index (χ4n) is 1.12. The highest BCUT2D eigenvalue weighted by Crippen LogP contribution is 2.22. The van der Waals surface area contributed by atoms with E-state index >= 15 is 0 Å². The zero-order chi connectivity index (χ0) is 14.6. The number of hydrogen-bond acceptors (Lipinski definition) is 4. The summed E-state index contributed by atoms with van der Waals surface area (Å²) in [6, 6.07) is 0.725. The van der Waals surface area contributed by atoms with E-state index in [9.17, 15) is 14.0 Å². The number of carboxylic acids is 1. The van der Waals surface area contributed by atoms with Gasteiger partial charge in [-0.15, -0.1) is 0 Å². The van der Waals surface area contributed by atoms with Crippen molar-refractivity contribution in [2.75, 3.05) is 6.61 Å². The topological polar surface area (TPSA) is 76.5 Å². The summed E-state index contributed by atoms with van der Waals surface area (Å²) in [5.41, 5.74) is -1.09. The van der Waals surface area contributed by atoms with Crippen molar-refractivity contribution < 1.29 is 23.8 Å². The number of aromatic nitrogens is 1. The molecule has 1 rings (SSSR count). The van der Waals surface area contributed by atoms with E-state index in [0.29, 0.717) is 0 Å². The average molecular weight is 308 g/mol. The standard InChI is InChI=1S/C11H8Cl2FNO4/c1-2-19-4-6(11(17)18)8(16)5-3-7(14)10(13)15-9(5)12/h3-4H,2H2,1H3,(H,17,18)/b6-4+. The van der Waals surface area contributed by atoms with Crippen LogP contribution in [0.3, 0.4) is 0 Å². The third kappa shape index (κ3) is 3.65. The molecule has 0 saturated carbocycles. The Balaban J connectivity index is 3.24. The number of rotatable bonds is 5. The van der Waals surface area contributed by atoms with Gasteiger partial charge in [0.15, 0.2) is 11.0 Å². The third-order valence-corrected chi connectivity index (χ3v) is 2.53. The van der Waals surface area contributed by atoms with Crippen LogP contribution in [0.2, 0.25) is 10.3 Å². The Morgan fingerprint density at radius 2 is 2.11 bits per heavy atom. The van der Waals surface area contributed by atoms with Crippen molar-refractivity contribution in [3.63, 3.8) is 0 Å². The molecule has 5 nitrogen and oxygen atoms in total. The number of carbonyl (C=O) groups is 2. The number of halogens is 3. The molecule has 0 fully saturated rings.